The highest BCUT2D eigenvalue weighted by atomic mass is 35.5. The van der Waals surface area contributed by atoms with Crippen molar-refractivity contribution in [1.82, 2.24) is 0 Å². The van der Waals surface area contributed by atoms with Crippen molar-refractivity contribution in [2.45, 2.75) is 6.92 Å². The first-order valence-electron chi connectivity index (χ1n) is 5.91. The minimum absolute atomic E-state index is 0.254. The van der Waals surface area contributed by atoms with Crippen molar-refractivity contribution in [3.8, 4) is 5.75 Å². The number of methoxy groups -OCH3 is 1. The molecule has 0 bridgehead atoms. The highest BCUT2D eigenvalue weighted by Crippen LogP contribution is 2.24. The Bertz CT molecular complexity index is 656. The lowest BCUT2D eigenvalue weighted by molar-refractivity contribution is 0.102. The number of nitrogens with one attached hydrogen (secondary N) is 1. The molecule has 104 valence electrons. The van der Waals surface area contributed by atoms with Gasteiger partial charge in [-0.2, -0.15) is 0 Å². The molecule has 5 heteroatoms. The van der Waals surface area contributed by atoms with Gasteiger partial charge in [-0.25, -0.2) is 0 Å². The van der Waals surface area contributed by atoms with Gasteiger partial charge >= 0.3 is 0 Å². The van der Waals surface area contributed by atoms with Crippen LogP contribution in [0, 0.1) is 6.92 Å². The summed E-state index contributed by atoms with van der Waals surface area (Å²) in [4.78, 5) is 12.1. The van der Waals surface area contributed by atoms with Gasteiger partial charge in [-0.3, -0.25) is 4.79 Å². The molecule has 0 aliphatic heterocycles. The van der Waals surface area contributed by atoms with E-state index in [1.807, 2.05) is 19.1 Å². The van der Waals surface area contributed by atoms with E-state index in [2.05, 4.69) is 5.32 Å². The van der Waals surface area contributed by atoms with E-state index in [1.165, 1.54) is 6.07 Å². The van der Waals surface area contributed by atoms with E-state index in [0.717, 1.165) is 5.56 Å². The zero-order chi connectivity index (χ0) is 14.7. The molecule has 2 rings (SSSR count). The molecule has 0 unspecified atom stereocenters. The molecule has 2 aromatic rings. The van der Waals surface area contributed by atoms with Gasteiger partial charge in [0.25, 0.3) is 5.91 Å². The van der Waals surface area contributed by atoms with Crippen LogP contribution in [-0.2, 0) is 0 Å². The predicted octanol–water partition coefficient (Wildman–Crippen LogP) is 4.56. The second-order valence-corrected chi connectivity index (χ2v) is 5.14. The molecule has 2 aromatic carbocycles. The van der Waals surface area contributed by atoms with Gasteiger partial charge in [0.15, 0.2) is 0 Å². The highest BCUT2D eigenvalue weighted by Gasteiger charge is 2.09. The largest absolute Gasteiger partial charge is 0.497 e. The summed E-state index contributed by atoms with van der Waals surface area (Å²) in [6, 6.07) is 10.2. The van der Waals surface area contributed by atoms with Crippen molar-refractivity contribution >= 4 is 34.8 Å². The highest BCUT2D eigenvalue weighted by molar-refractivity contribution is 6.42. The second kappa shape index (κ2) is 6.16. The molecule has 0 aromatic heterocycles. The van der Waals surface area contributed by atoms with Crippen LogP contribution in [0.3, 0.4) is 0 Å². The van der Waals surface area contributed by atoms with Crippen molar-refractivity contribution in [3.63, 3.8) is 0 Å². The first-order chi connectivity index (χ1) is 9.49. The SMILES string of the molecule is COc1cc(C)cc(NC(=O)c2ccc(Cl)c(Cl)c2)c1. The summed E-state index contributed by atoms with van der Waals surface area (Å²) < 4.78 is 5.17. The van der Waals surface area contributed by atoms with Gasteiger partial charge in [0, 0.05) is 17.3 Å². The summed E-state index contributed by atoms with van der Waals surface area (Å²) in [6.07, 6.45) is 0. The van der Waals surface area contributed by atoms with Crippen molar-refractivity contribution < 1.29 is 9.53 Å². The summed E-state index contributed by atoms with van der Waals surface area (Å²) >= 11 is 11.7. The normalized spacial score (nSPS) is 10.2. The molecule has 0 aliphatic rings. The Morgan fingerprint density at radius 1 is 1.10 bits per heavy atom. The number of benzene rings is 2. The Kier molecular flexibility index (Phi) is 4.53. The summed E-state index contributed by atoms with van der Waals surface area (Å²) in [5.41, 5.74) is 2.10. The number of aryl methyl sites for hydroxylation is 1. The molecule has 0 atom stereocenters. The third-order valence-corrected chi connectivity index (χ3v) is 3.47. The van der Waals surface area contributed by atoms with Crippen LogP contribution in [0.5, 0.6) is 5.75 Å². The Labute approximate surface area is 127 Å². The predicted molar refractivity (Wildman–Crippen MR) is 82.1 cm³/mol. The van der Waals surface area contributed by atoms with Crippen LogP contribution in [0.25, 0.3) is 0 Å². The van der Waals surface area contributed by atoms with Crippen LogP contribution in [0.4, 0.5) is 5.69 Å². The summed E-state index contributed by atoms with van der Waals surface area (Å²) in [7, 11) is 1.58. The molecule has 0 heterocycles. The van der Waals surface area contributed by atoms with Crippen LogP contribution in [0.2, 0.25) is 10.0 Å². The van der Waals surface area contributed by atoms with Crippen molar-refractivity contribution in [1.29, 1.82) is 0 Å². The first-order valence-corrected chi connectivity index (χ1v) is 6.67. The Balaban J connectivity index is 2.23. The van der Waals surface area contributed by atoms with E-state index in [0.29, 0.717) is 27.0 Å². The number of anilines is 1. The minimum Gasteiger partial charge on any atom is -0.497 e. The Morgan fingerprint density at radius 3 is 2.50 bits per heavy atom. The van der Waals surface area contributed by atoms with E-state index in [1.54, 1.807) is 25.3 Å². The number of carbonyl (C=O) groups is 1. The molecule has 0 aliphatic carbocycles. The number of halogens is 2. The van der Waals surface area contributed by atoms with Crippen molar-refractivity contribution in [2.75, 3.05) is 12.4 Å². The minimum atomic E-state index is -0.254. The fourth-order valence-corrected chi connectivity index (χ4v) is 2.08. The number of amides is 1. The van der Waals surface area contributed by atoms with Gasteiger partial charge in [0.1, 0.15) is 5.75 Å². The molecule has 0 saturated carbocycles. The number of carbonyl (C=O) groups excluding carboxylic acids is 1. The third-order valence-electron chi connectivity index (χ3n) is 2.73. The van der Waals surface area contributed by atoms with Gasteiger partial charge in [-0.1, -0.05) is 23.2 Å². The van der Waals surface area contributed by atoms with Gasteiger partial charge < -0.3 is 10.1 Å². The number of rotatable bonds is 3. The fraction of sp³-hybridized carbons (Fsp3) is 0.133. The third kappa shape index (κ3) is 3.44. The number of hydrogen-bond acceptors (Lipinski definition) is 2. The zero-order valence-corrected chi connectivity index (χ0v) is 12.5. The molecule has 0 radical (unpaired) electrons. The van der Waals surface area contributed by atoms with Crippen LogP contribution in [0.15, 0.2) is 36.4 Å². The summed E-state index contributed by atoms with van der Waals surface area (Å²) in [5.74, 6) is 0.436. The Hall–Kier alpha value is -1.71. The van der Waals surface area contributed by atoms with Crippen molar-refractivity contribution in [2.24, 2.45) is 0 Å². The topological polar surface area (TPSA) is 38.3 Å². The molecular formula is C15H13Cl2NO2. The second-order valence-electron chi connectivity index (χ2n) is 4.32. The summed E-state index contributed by atoms with van der Waals surface area (Å²) in [6.45, 7) is 1.93. The monoisotopic (exact) mass is 309 g/mol. The van der Waals surface area contributed by atoms with Crippen molar-refractivity contribution in [3.05, 3.63) is 57.6 Å². The maximum Gasteiger partial charge on any atom is 0.255 e. The molecule has 0 fully saturated rings. The Morgan fingerprint density at radius 2 is 1.85 bits per heavy atom. The molecule has 1 amide bonds. The standard InChI is InChI=1S/C15H13Cl2NO2/c1-9-5-11(8-12(6-9)20-2)18-15(19)10-3-4-13(16)14(17)7-10/h3-8H,1-2H3,(H,18,19). The zero-order valence-electron chi connectivity index (χ0n) is 11.0. The average molecular weight is 310 g/mol. The lowest BCUT2D eigenvalue weighted by Crippen LogP contribution is -2.12. The molecule has 1 N–H and O–H groups in total. The molecule has 0 saturated heterocycles. The fourth-order valence-electron chi connectivity index (χ4n) is 1.78. The van der Waals surface area contributed by atoms with Gasteiger partial charge in [0.05, 0.1) is 17.2 Å². The van der Waals surface area contributed by atoms with Crippen LogP contribution < -0.4 is 10.1 Å². The van der Waals surface area contributed by atoms with Gasteiger partial charge in [-0.15, -0.1) is 0 Å². The van der Waals surface area contributed by atoms with E-state index in [9.17, 15) is 4.79 Å². The summed E-state index contributed by atoms with van der Waals surface area (Å²) in [5, 5.41) is 3.57. The molecule has 20 heavy (non-hydrogen) atoms. The lowest BCUT2D eigenvalue weighted by atomic mass is 10.2. The number of hydrogen-bond donors (Lipinski definition) is 1. The van der Waals surface area contributed by atoms with Crippen LogP contribution in [-0.4, -0.2) is 13.0 Å². The molecule has 3 nitrogen and oxygen atoms in total. The van der Waals surface area contributed by atoms with Crippen LogP contribution >= 0.6 is 23.2 Å². The smallest absolute Gasteiger partial charge is 0.255 e. The first kappa shape index (κ1) is 14.7. The maximum atomic E-state index is 12.1. The molecular weight excluding hydrogens is 297 g/mol. The quantitative estimate of drug-likeness (QED) is 0.902. The van der Waals surface area contributed by atoms with E-state index in [-0.39, 0.29) is 5.91 Å². The number of ether oxygens (including phenoxy) is 1. The van der Waals surface area contributed by atoms with Crippen LogP contribution in [0.1, 0.15) is 15.9 Å². The maximum absolute atomic E-state index is 12.1. The van der Waals surface area contributed by atoms with E-state index < -0.39 is 0 Å². The van der Waals surface area contributed by atoms with Gasteiger partial charge in [-0.05, 0) is 42.8 Å². The molecule has 0 spiro atoms. The van der Waals surface area contributed by atoms with E-state index >= 15 is 0 Å². The average Bonchev–Trinajstić information content (AvgIpc) is 2.41. The lowest BCUT2D eigenvalue weighted by Gasteiger charge is -2.09. The van der Waals surface area contributed by atoms with Gasteiger partial charge in [0.2, 0.25) is 0 Å². The van der Waals surface area contributed by atoms with E-state index in [4.69, 9.17) is 27.9 Å².